The molecule has 1 aromatic heterocycles. The summed E-state index contributed by atoms with van der Waals surface area (Å²) in [4.78, 5) is 25.9. The van der Waals surface area contributed by atoms with Gasteiger partial charge in [0.05, 0.1) is 6.04 Å². The van der Waals surface area contributed by atoms with Crippen molar-refractivity contribution in [3.8, 4) is 5.75 Å². The SMILES string of the molecule is Cn1cccc1[C@@H]1CCCCCN1C(=O)COc1ccc(C(N)=O)cc1. The van der Waals surface area contributed by atoms with Crippen molar-refractivity contribution >= 4 is 11.8 Å². The number of aryl methyl sites for hydroxylation is 1. The smallest absolute Gasteiger partial charge is 0.261 e. The molecule has 1 fully saturated rings. The lowest BCUT2D eigenvalue weighted by Gasteiger charge is -2.30. The van der Waals surface area contributed by atoms with E-state index in [-0.39, 0.29) is 18.6 Å². The predicted octanol–water partition coefficient (Wildman–Crippen LogP) is 2.65. The van der Waals surface area contributed by atoms with E-state index in [4.69, 9.17) is 10.5 Å². The number of carbonyl (C=O) groups is 2. The van der Waals surface area contributed by atoms with Crippen LogP contribution in [0, 0.1) is 0 Å². The Morgan fingerprint density at radius 2 is 1.92 bits per heavy atom. The minimum absolute atomic E-state index is 0.0166. The van der Waals surface area contributed by atoms with Crippen molar-refractivity contribution < 1.29 is 14.3 Å². The van der Waals surface area contributed by atoms with Gasteiger partial charge in [0, 0.05) is 31.0 Å². The molecule has 138 valence electrons. The maximum Gasteiger partial charge on any atom is 0.261 e. The first-order valence-electron chi connectivity index (χ1n) is 8.99. The highest BCUT2D eigenvalue weighted by molar-refractivity contribution is 5.92. The molecular weight excluding hydrogens is 330 g/mol. The van der Waals surface area contributed by atoms with E-state index in [1.165, 1.54) is 0 Å². The first-order valence-corrected chi connectivity index (χ1v) is 8.99. The maximum atomic E-state index is 12.8. The zero-order valence-corrected chi connectivity index (χ0v) is 15.1. The Kier molecular flexibility index (Phi) is 5.61. The quantitative estimate of drug-likeness (QED) is 0.896. The highest BCUT2D eigenvalue weighted by Gasteiger charge is 2.28. The number of nitrogens with zero attached hydrogens (tertiary/aromatic N) is 2. The number of ether oxygens (including phenoxy) is 1. The molecule has 1 aliphatic heterocycles. The molecule has 6 nitrogen and oxygen atoms in total. The normalized spacial score (nSPS) is 17.6. The third kappa shape index (κ3) is 4.07. The highest BCUT2D eigenvalue weighted by atomic mass is 16.5. The molecule has 0 spiro atoms. The van der Waals surface area contributed by atoms with Crippen molar-refractivity contribution in [3.63, 3.8) is 0 Å². The molecule has 3 rings (SSSR count). The first kappa shape index (κ1) is 18.0. The number of hydrogen-bond acceptors (Lipinski definition) is 3. The lowest BCUT2D eigenvalue weighted by molar-refractivity contribution is -0.136. The van der Waals surface area contributed by atoms with Gasteiger partial charge in [0.15, 0.2) is 6.61 Å². The van der Waals surface area contributed by atoms with Crippen molar-refractivity contribution in [2.24, 2.45) is 12.8 Å². The minimum atomic E-state index is -0.484. The van der Waals surface area contributed by atoms with Gasteiger partial charge in [-0.05, 0) is 49.2 Å². The van der Waals surface area contributed by atoms with Gasteiger partial charge in [-0.3, -0.25) is 9.59 Å². The average molecular weight is 355 g/mol. The van der Waals surface area contributed by atoms with Gasteiger partial charge < -0.3 is 19.9 Å². The monoisotopic (exact) mass is 355 g/mol. The number of aromatic nitrogens is 1. The van der Waals surface area contributed by atoms with Crippen LogP contribution in [0.5, 0.6) is 5.75 Å². The molecule has 6 heteroatoms. The Hall–Kier alpha value is -2.76. The van der Waals surface area contributed by atoms with E-state index in [1.807, 2.05) is 24.2 Å². The maximum absolute atomic E-state index is 12.8. The lowest BCUT2D eigenvalue weighted by Crippen LogP contribution is -2.38. The molecule has 26 heavy (non-hydrogen) atoms. The van der Waals surface area contributed by atoms with Gasteiger partial charge in [0.1, 0.15) is 5.75 Å². The van der Waals surface area contributed by atoms with Gasteiger partial charge in [-0.1, -0.05) is 12.8 Å². The summed E-state index contributed by atoms with van der Waals surface area (Å²) < 4.78 is 7.73. The third-order valence-corrected chi connectivity index (χ3v) is 4.90. The number of primary amides is 1. The lowest BCUT2D eigenvalue weighted by atomic mass is 10.1. The number of amides is 2. The summed E-state index contributed by atoms with van der Waals surface area (Å²) in [7, 11) is 2.01. The van der Waals surface area contributed by atoms with Crippen LogP contribution in [-0.2, 0) is 11.8 Å². The van der Waals surface area contributed by atoms with Crippen molar-refractivity contribution in [1.29, 1.82) is 0 Å². The Labute approximate surface area is 153 Å². The van der Waals surface area contributed by atoms with Gasteiger partial charge >= 0.3 is 0 Å². The van der Waals surface area contributed by atoms with Gasteiger partial charge in [0.25, 0.3) is 5.91 Å². The zero-order chi connectivity index (χ0) is 18.5. The first-order chi connectivity index (χ1) is 12.6. The summed E-state index contributed by atoms with van der Waals surface area (Å²) in [5, 5.41) is 0. The molecule has 0 saturated carbocycles. The number of carbonyl (C=O) groups excluding carboxylic acids is 2. The number of rotatable bonds is 5. The third-order valence-electron chi connectivity index (χ3n) is 4.90. The van der Waals surface area contributed by atoms with Crippen LogP contribution < -0.4 is 10.5 Å². The molecule has 0 unspecified atom stereocenters. The zero-order valence-electron chi connectivity index (χ0n) is 15.1. The van der Waals surface area contributed by atoms with Crippen LogP contribution in [0.15, 0.2) is 42.6 Å². The summed E-state index contributed by atoms with van der Waals surface area (Å²) in [6.45, 7) is 0.732. The number of hydrogen-bond donors (Lipinski definition) is 1. The summed E-state index contributed by atoms with van der Waals surface area (Å²) in [5.74, 6) is 0.0493. The summed E-state index contributed by atoms with van der Waals surface area (Å²) >= 11 is 0. The largest absolute Gasteiger partial charge is 0.484 e. The predicted molar refractivity (Wildman–Crippen MR) is 98.8 cm³/mol. The van der Waals surface area contributed by atoms with Crippen molar-refractivity contribution in [3.05, 3.63) is 53.9 Å². The molecular formula is C20H25N3O3. The minimum Gasteiger partial charge on any atom is -0.484 e. The fourth-order valence-electron chi connectivity index (χ4n) is 3.48. The Morgan fingerprint density at radius 1 is 1.15 bits per heavy atom. The second-order valence-corrected chi connectivity index (χ2v) is 6.67. The molecule has 2 aromatic rings. The van der Waals surface area contributed by atoms with Crippen LogP contribution in [0.4, 0.5) is 0 Å². The van der Waals surface area contributed by atoms with Crippen LogP contribution in [0.25, 0.3) is 0 Å². The Bertz CT molecular complexity index is 767. The van der Waals surface area contributed by atoms with E-state index in [9.17, 15) is 9.59 Å². The van der Waals surface area contributed by atoms with E-state index in [0.717, 1.165) is 37.9 Å². The highest BCUT2D eigenvalue weighted by Crippen LogP contribution is 2.30. The van der Waals surface area contributed by atoms with Gasteiger partial charge in [-0.25, -0.2) is 0 Å². The topological polar surface area (TPSA) is 77.6 Å². The molecule has 1 atom stereocenters. The van der Waals surface area contributed by atoms with Crippen molar-refractivity contribution in [2.75, 3.05) is 13.2 Å². The fourth-order valence-corrected chi connectivity index (χ4v) is 3.48. The molecule has 1 aromatic carbocycles. The van der Waals surface area contributed by atoms with Crippen LogP contribution in [-0.4, -0.2) is 34.4 Å². The molecule has 1 aliphatic rings. The molecule has 1 saturated heterocycles. The number of likely N-dealkylation sites (tertiary alicyclic amines) is 1. The van der Waals surface area contributed by atoms with Gasteiger partial charge in [-0.15, -0.1) is 0 Å². The second kappa shape index (κ2) is 8.08. The second-order valence-electron chi connectivity index (χ2n) is 6.67. The van der Waals surface area contributed by atoms with Crippen LogP contribution in [0.1, 0.15) is 47.8 Å². The molecule has 2 N–H and O–H groups in total. The van der Waals surface area contributed by atoms with E-state index < -0.39 is 5.91 Å². The fraction of sp³-hybridized carbons (Fsp3) is 0.400. The Balaban J connectivity index is 1.68. The summed E-state index contributed by atoms with van der Waals surface area (Å²) in [6, 6.07) is 10.7. The number of nitrogens with two attached hydrogens (primary N) is 1. The average Bonchev–Trinajstić information content (AvgIpc) is 2.92. The van der Waals surface area contributed by atoms with Crippen molar-refractivity contribution in [1.82, 2.24) is 9.47 Å². The van der Waals surface area contributed by atoms with Crippen LogP contribution in [0.2, 0.25) is 0 Å². The molecule has 0 aliphatic carbocycles. The van der Waals surface area contributed by atoms with Gasteiger partial charge in [-0.2, -0.15) is 0 Å². The van der Waals surface area contributed by atoms with E-state index in [1.54, 1.807) is 24.3 Å². The van der Waals surface area contributed by atoms with Crippen molar-refractivity contribution in [2.45, 2.75) is 31.7 Å². The summed E-state index contributed by atoms with van der Waals surface area (Å²) in [6.07, 6.45) is 6.26. The van der Waals surface area contributed by atoms with E-state index in [0.29, 0.717) is 11.3 Å². The molecule has 0 bridgehead atoms. The molecule has 2 heterocycles. The van der Waals surface area contributed by atoms with E-state index >= 15 is 0 Å². The van der Waals surface area contributed by atoms with Crippen LogP contribution in [0.3, 0.4) is 0 Å². The van der Waals surface area contributed by atoms with Crippen LogP contribution >= 0.6 is 0 Å². The standard InChI is InChI=1S/C20H25N3O3/c1-22-12-5-7-17(22)18-6-3-2-4-13-23(18)19(24)14-26-16-10-8-15(9-11-16)20(21)25/h5,7-12,18H,2-4,6,13-14H2,1H3,(H2,21,25)/t18-/m0/s1. The van der Waals surface area contributed by atoms with E-state index in [2.05, 4.69) is 10.6 Å². The molecule has 2 amide bonds. The number of benzene rings is 1. The Morgan fingerprint density at radius 3 is 2.58 bits per heavy atom. The van der Waals surface area contributed by atoms with Gasteiger partial charge in [0.2, 0.25) is 5.91 Å². The molecule has 0 radical (unpaired) electrons. The summed E-state index contributed by atoms with van der Waals surface area (Å²) in [5.41, 5.74) is 6.80.